The molecule has 0 N–H and O–H groups in total. The van der Waals surface area contributed by atoms with Crippen molar-refractivity contribution in [3.05, 3.63) is 71.9 Å². The molecule has 5 heteroatoms. The predicted octanol–water partition coefficient (Wildman–Crippen LogP) is 3.54. The standard InChI is InChI=1S/C19H14FN3O/c1-23-11-13-5-4-12(17-7-6-14(20)10-22-17)9-16(13)15-3-2-8-21-18(15)19(23)24/h2-10H,11H2,1H3. The summed E-state index contributed by atoms with van der Waals surface area (Å²) in [4.78, 5) is 22.6. The molecule has 0 aliphatic carbocycles. The van der Waals surface area contributed by atoms with Crippen LogP contribution in [-0.4, -0.2) is 27.8 Å². The van der Waals surface area contributed by atoms with Crippen molar-refractivity contribution in [3.63, 3.8) is 0 Å². The van der Waals surface area contributed by atoms with Crippen LogP contribution in [0, 0.1) is 5.82 Å². The zero-order valence-electron chi connectivity index (χ0n) is 13.0. The Balaban J connectivity index is 1.92. The van der Waals surface area contributed by atoms with E-state index < -0.39 is 0 Å². The van der Waals surface area contributed by atoms with Crippen LogP contribution in [0.3, 0.4) is 0 Å². The molecule has 118 valence electrons. The second-order valence-corrected chi connectivity index (χ2v) is 5.79. The van der Waals surface area contributed by atoms with Crippen LogP contribution in [0.1, 0.15) is 16.1 Å². The number of pyridine rings is 2. The summed E-state index contributed by atoms with van der Waals surface area (Å²) >= 11 is 0. The molecule has 3 heterocycles. The first-order valence-electron chi connectivity index (χ1n) is 7.59. The van der Waals surface area contributed by atoms with Gasteiger partial charge in [0, 0.05) is 30.9 Å². The summed E-state index contributed by atoms with van der Waals surface area (Å²) in [5.41, 5.74) is 4.82. The van der Waals surface area contributed by atoms with Crippen molar-refractivity contribution in [3.8, 4) is 22.4 Å². The summed E-state index contributed by atoms with van der Waals surface area (Å²) in [5.74, 6) is -0.460. The molecular weight excluding hydrogens is 305 g/mol. The van der Waals surface area contributed by atoms with Gasteiger partial charge in [-0.15, -0.1) is 0 Å². The first-order chi connectivity index (χ1) is 11.6. The van der Waals surface area contributed by atoms with Crippen LogP contribution in [0.15, 0.2) is 54.9 Å². The molecule has 0 spiro atoms. The van der Waals surface area contributed by atoms with Crippen LogP contribution in [0.2, 0.25) is 0 Å². The van der Waals surface area contributed by atoms with Crippen molar-refractivity contribution in [2.45, 2.75) is 6.54 Å². The molecule has 0 atom stereocenters. The fourth-order valence-corrected chi connectivity index (χ4v) is 2.97. The lowest BCUT2D eigenvalue weighted by Crippen LogP contribution is -2.25. The summed E-state index contributed by atoms with van der Waals surface area (Å²) in [6, 6.07) is 12.7. The number of carbonyl (C=O) groups excluding carboxylic acids is 1. The SMILES string of the molecule is CN1Cc2ccc(-c3ccc(F)cn3)cc2-c2cccnc2C1=O. The molecule has 0 bridgehead atoms. The van der Waals surface area contributed by atoms with Gasteiger partial charge in [-0.05, 0) is 35.4 Å². The zero-order valence-corrected chi connectivity index (χ0v) is 13.0. The van der Waals surface area contributed by atoms with Crippen LogP contribution in [0.4, 0.5) is 4.39 Å². The average Bonchev–Trinajstić information content (AvgIpc) is 2.71. The Bertz CT molecular complexity index is 938. The summed E-state index contributed by atoms with van der Waals surface area (Å²) < 4.78 is 13.1. The molecule has 1 aromatic carbocycles. The van der Waals surface area contributed by atoms with Gasteiger partial charge in [0.2, 0.25) is 0 Å². The van der Waals surface area contributed by atoms with Gasteiger partial charge in [0.1, 0.15) is 11.5 Å². The fraction of sp³-hybridized carbons (Fsp3) is 0.105. The minimum Gasteiger partial charge on any atom is -0.336 e. The highest BCUT2D eigenvalue weighted by Crippen LogP contribution is 2.34. The van der Waals surface area contributed by atoms with E-state index in [0.29, 0.717) is 17.9 Å². The monoisotopic (exact) mass is 319 g/mol. The number of amides is 1. The van der Waals surface area contributed by atoms with Gasteiger partial charge in [-0.2, -0.15) is 0 Å². The zero-order chi connectivity index (χ0) is 16.7. The number of carbonyl (C=O) groups is 1. The lowest BCUT2D eigenvalue weighted by molar-refractivity contribution is 0.0783. The van der Waals surface area contributed by atoms with E-state index >= 15 is 0 Å². The molecule has 4 rings (SSSR count). The van der Waals surface area contributed by atoms with Gasteiger partial charge in [0.05, 0.1) is 11.9 Å². The number of nitrogens with zero attached hydrogens (tertiary/aromatic N) is 3. The maximum Gasteiger partial charge on any atom is 0.273 e. The van der Waals surface area contributed by atoms with Crippen molar-refractivity contribution >= 4 is 5.91 Å². The van der Waals surface area contributed by atoms with Crippen LogP contribution < -0.4 is 0 Å². The highest BCUT2D eigenvalue weighted by molar-refractivity contribution is 6.00. The van der Waals surface area contributed by atoms with Gasteiger partial charge >= 0.3 is 0 Å². The van der Waals surface area contributed by atoms with E-state index in [9.17, 15) is 9.18 Å². The second kappa shape index (κ2) is 5.53. The molecule has 4 nitrogen and oxygen atoms in total. The highest BCUT2D eigenvalue weighted by Gasteiger charge is 2.24. The second-order valence-electron chi connectivity index (χ2n) is 5.79. The van der Waals surface area contributed by atoms with E-state index in [4.69, 9.17) is 0 Å². The Morgan fingerprint density at radius 2 is 1.96 bits per heavy atom. The Kier molecular flexibility index (Phi) is 3.34. The van der Waals surface area contributed by atoms with E-state index in [1.165, 1.54) is 12.3 Å². The maximum absolute atomic E-state index is 13.1. The number of halogens is 1. The molecule has 0 saturated carbocycles. The third-order valence-electron chi connectivity index (χ3n) is 4.19. The van der Waals surface area contributed by atoms with Gasteiger partial charge in [0.15, 0.2) is 0 Å². The Morgan fingerprint density at radius 1 is 1.08 bits per heavy atom. The van der Waals surface area contributed by atoms with Crippen molar-refractivity contribution in [1.82, 2.24) is 14.9 Å². The smallest absolute Gasteiger partial charge is 0.273 e. The molecule has 1 aliphatic rings. The molecule has 0 fully saturated rings. The third-order valence-corrected chi connectivity index (χ3v) is 4.19. The molecule has 0 saturated heterocycles. The predicted molar refractivity (Wildman–Crippen MR) is 88.7 cm³/mol. The molecule has 1 amide bonds. The summed E-state index contributed by atoms with van der Waals surface area (Å²) in [5, 5.41) is 0. The minimum atomic E-state index is -0.365. The number of rotatable bonds is 1. The lowest BCUT2D eigenvalue weighted by Gasteiger charge is -2.14. The topological polar surface area (TPSA) is 46.1 Å². The number of benzene rings is 1. The number of fused-ring (bicyclic) bond motifs is 3. The van der Waals surface area contributed by atoms with Gasteiger partial charge in [0.25, 0.3) is 5.91 Å². The van der Waals surface area contributed by atoms with Crippen molar-refractivity contribution in [2.75, 3.05) is 7.05 Å². The Hall–Kier alpha value is -3.08. The molecule has 1 aliphatic heterocycles. The molecular formula is C19H14FN3O. The minimum absolute atomic E-state index is 0.0942. The van der Waals surface area contributed by atoms with E-state index in [1.54, 1.807) is 24.2 Å². The largest absolute Gasteiger partial charge is 0.336 e. The van der Waals surface area contributed by atoms with Gasteiger partial charge in [-0.1, -0.05) is 18.2 Å². The quantitative estimate of drug-likeness (QED) is 0.689. The van der Waals surface area contributed by atoms with Crippen LogP contribution in [0.5, 0.6) is 0 Å². The molecule has 0 radical (unpaired) electrons. The first-order valence-corrected chi connectivity index (χ1v) is 7.59. The molecule has 0 unspecified atom stereocenters. The van der Waals surface area contributed by atoms with E-state index in [1.807, 2.05) is 30.3 Å². The molecule has 2 aromatic heterocycles. The van der Waals surface area contributed by atoms with Crippen LogP contribution in [0.25, 0.3) is 22.4 Å². The Labute approximate surface area is 138 Å². The van der Waals surface area contributed by atoms with E-state index in [0.717, 1.165) is 22.3 Å². The van der Waals surface area contributed by atoms with Crippen LogP contribution >= 0.6 is 0 Å². The summed E-state index contributed by atoms with van der Waals surface area (Å²) in [7, 11) is 1.77. The average molecular weight is 319 g/mol. The van der Waals surface area contributed by atoms with Crippen molar-refractivity contribution in [2.24, 2.45) is 0 Å². The lowest BCUT2D eigenvalue weighted by atomic mass is 9.96. The van der Waals surface area contributed by atoms with Gasteiger partial charge in [-0.25, -0.2) is 4.39 Å². The van der Waals surface area contributed by atoms with E-state index in [-0.39, 0.29) is 11.7 Å². The third kappa shape index (κ3) is 2.34. The Morgan fingerprint density at radius 3 is 2.75 bits per heavy atom. The van der Waals surface area contributed by atoms with E-state index in [2.05, 4.69) is 9.97 Å². The number of hydrogen-bond acceptors (Lipinski definition) is 3. The highest BCUT2D eigenvalue weighted by atomic mass is 19.1. The molecule has 3 aromatic rings. The van der Waals surface area contributed by atoms with Crippen molar-refractivity contribution in [1.29, 1.82) is 0 Å². The fourth-order valence-electron chi connectivity index (χ4n) is 2.97. The molecule has 24 heavy (non-hydrogen) atoms. The number of aromatic nitrogens is 2. The summed E-state index contributed by atoms with van der Waals surface area (Å²) in [6.45, 7) is 0.516. The van der Waals surface area contributed by atoms with Crippen LogP contribution in [-0.2, 0) is 6.54 Å². The number of hydrogen-bond donors (Lipinski definition) is 0. The van der Waals surface area contributed by atoms with Gasteiger partial charge in [-0.3, -0.25) is 14.8 Å². The van der Waals surface area contributed by atoms with Gasteiger partial charge < -0.3 is 4.90 Å². The first kappa shape index (κ1) is 14.5. The normalized spacial score (nSPS) is 13.2. The van der Waals surface area contributed by atoms with Crippen molar-refractivity contribution < 1.29 is 9.18 Å². The summed E-state index contributed by atoms with van der Waals surface area (Å²) in [6.07, 6.45) is 2.83. The maximum atomic E-state index is 13.1.